The summed E-state index contributed by atoms with van der Waals surface area (Å²) in [7, 11) is 0. The van der Waals surface area contributed by atoms with Crippen molar-refractivity contribution >= 4 is 11.6 Å². The van der Waals surface area contributed by atoms with E-state index < -0.39 is 0 Å². The maximum atomic E-state index is 13.0. The molecule has 0 aliphatic heterocycles. The summed E-state index contributed by atoms with van der Waals surface area (Å²) in [6, 6.07) is 6.20. The predicted octanol–water partition coefficient (Wildman–Crippen LogP) is 3.53. The van der Waals surface area contributed by atoms with Crippen LogP contribution in [0.1, 0.15) is 11.3 Å². The third-order valence-electron chi connectivity index (χ3n) is 2.22. The highest BCUT2D eigenvalue weighted by molar-refractivity contribution is 6.17. The van der Waals surface area contributed by atoms with Crippen LogP contribution in [-0.2, 0) is 5.88 Å². The summed E-state index contributed by atoms with van der Waals surface area (Å²) < 4.78 is 18.0. The Morgan fingerprint density at radius 3 is 2.93 bits per heavy atom. The van der Waals surface area contributed by atoms with Crippen molar-refractivity contribution in [2.24, 2.45) is 0 Å². The Hall–Kier alpha value is -1.35. The summed E-state index contributed by atoms with van der Waals surface area (Å²) in [6.45, 7) is 1.79. The maximum Gasteiger partial charge on any atom is 0.138 e. The van der Waals surface area contributed by atoms with Crippen LogP contribution < -0.4 is 0 Å². The fraction of sp³-hybridized carbons (Fsp3) is 0.182. The summed E-state index contributed by atoms with van der Waals surface area (Å²) in [5, 5.41) is 3.87. The van der Waals surface area contributed by atoms with E-state index in [9.17, 15) is 4.39 Å². The highest BCUT2D eigenvalue weighted by Gasteiger charge is 2.13. The van der Waals surface area contributed by atoms with Crippen molar-refractivity contribution in [3.05, 3.63) is 41.4 Å². The van der Waals surface area contributed by atoms with Crippen LogP contribution in [0.4, 0.5) is 4.39 Å². The molecule has 0 radical (unpaired) electrons. The topological polar surface area (TPSA) is 26.0 Å². The third kappa shape index (κ3) is 1.88. The van der Waals surface area contributed by atoms with Crippen molar-refractivity contribution in [1.29, 1.82) is 0 Å². The molecule has 0 saturated heterocycles. The number of alkyl halides is 1. The lowest BCUT2D eigenvalue weighted by molar-refractivity contribution is 0.398. The zero-order valence-corrected chi connectivity index (χ0v) is 8.88. The molecular formula is C11H9ClFNO. The number of benzene rings is 1. The molecule has 1 aromatic heterocycles. The number of hydrogen-bond acceptors (Lipinski definition) is 2. The molecule has 2 rings (SSSR count). The average molecular weight is 226 g/mol. The van der Waals surface area contributed by atoms with E-state index in [1.54, 1.807) is 19.1 Å². The van der Waals surface area contributed by atoms with Gasteiger partial charge in [-0.3, -0.25) is 0 Å². The fourth-order valence-electron chi connectivity index (χ4n) is 1.41. The second-order valence-corrected chi connectivity index (χ2v) is 3.48. The first-order chi connectivity index (χ1) is 7.22. The molecule has 0 unspecified atom stereocenters. The standard InChI is InChI=1S/C11H9ClFNO/c1-7-10(6-12)11(14-15-7)8-3-2-4-9(13)5-8/h2-5H,6H2,1H3. The van der Waals surface area contributed by atoms with Gasteiger partial charge in [-0.05, 0) is 19.1 Å². The second-order valence-electron chi connectivity index (χ2n) is 3.21. The van der Waals surface area contributed by atoms with E-state index in [-0.39, 0.29) is 5.82 Å². The first-order valence-electron chi connectivity index (χ1n) is 4.49. The molecule has 2 nitrogen and oxygen atoms in total. The number of nitrogens with zero attached hydrogens (tertiary/aromatic N) is 1. The first-order valence-corrected chi connectivity index (χ1v) is 5.03. The van der Waals surface area contributed by atoms with Gasteiger partial charge in [0, 0.05) is 11.1 Å². The molecule has 0 fully saturated rings. The van der Waals surface area contributed by atoms with Crippen molar-refractivity contribution in [3.63, 3.8) is 0 Å². The molecule has 1 aromatic carbocycles. The molecule has 4 heteroatoms. The minimum absolute atomic E-state index is 0.298. The van der Waals surface area contributed by atoms with Crippen LogP contribution >= 0.6 is 11.6 Å². The monoisotopic (exact) mass is 225 g/mol. The average Bonchev–Trinajstić information content (AvgIpc) is 2.59. The highest BCUT2D eigenvalue weighted by Crippen LogP contribution is 2.26. The van der Waals surface area contributed by atoms with Gasteiger partial charge in [-0.1, -0.05) is 17.3 Å². The summed E-state index contributed by atoms with van der Waals surface area (Å²) in [5.74, 6) is 0.680. The first kappa shape index (κ1) is 10.2. The molecule has 0 aliphatic rings. The molecule has 0 N–H and O–H groups in total. The van der Waals surface area contributed by atoms with Gasteiger partial charge in [0.25, 0.3) is 0 Å². The van der Waals surface area contributed by atoms with Crippen molar-refractivity contribution in [2.45, 2.75) is 12.8 Å². The van der Waals surface area contributed by atoms with Gasteiger partial charge in [0.1, 0.15) is 17.3 Å². The minimum Gasteiger partial charge on any atom is -0.361 e. The van der Waals surface area contributed by atoms with Gasteiger partial charge in [-0.15, -0.1) is 11.6 Å². The second kappa shape index (κ2) is 4.03. The molecule has 78 valence electrons. The maximum absolute atomic E-state index is 13.0. The van der Waals surface area contributed by atoms with Crippen molar-refractivity contribution in [3.8, 4) is 11.3 Å². The lowest BCUT2D eigenvalue weighted by Crippen LogP contribution is -1.85. The third-order valence-corrected chi connectivity index (χ3v) is 2.48. The summed E-state index contributed by atoms with van der Waals surface area (Å²) in [4.78, 5) is 0. The Bertz CT molecular complexity index is 481. The quantitative estimate of drug-likeness (QED) is 0.731. The zero-order chi connectivity index (χ0) is 10.8. The van der Waals surface area contributed by atoms with Crippen LogP contribution in [0.3, 0.4) is 0 Å². The van der Waals surface area contributed by atoms with Crippen LogP contribution in [0.15, 0.2) is 28.8 Å². The van der Waals surface area contributed by atoms with Crippen LogP contribution in [0, 0.1) is 12.7 Å². The molecule has 0 spiro atoms. The van der Waals surface area contributed by atoms with Crippen LogP contribution in [0.5, 0.6) is 0 Å². The lowest BCUT2D eigenvalue weighted by atomic mass is 10.1. The fourth-order valence-corrected chi connectivity index (χ4v) is 1.73. The molecule has 1 heterocycles. The van der Waals surface area contributed by atoms with E-state index >= 15 is 0 Å². The predicted molar refractivity (Wildman–Crippen MR) is 56.2 cm³/mol. The minimum atomic E-state index is -0.298. The molecular weight excluding hydrogens is 217 g/mol. The number of hydrogen-bond donors (Lipinski definition) is 0. The lowest BCUT2D eigenvalue weighted by Gasteiger charge is -1.98. The van der Waals surface area contributed by atoms with Crippen LogP contribution in [0.25, 0.3) is 11.3 Å². The summed E-state index contributed by atoms with van der Waals surface area (Å²) in [5.41, 5.74) is 2.10. The van der Waals surface area contributed by atoms with E-state index in [4.69, 9.17) is 16.1 Å². The van der Waals surface area contributed by atoms with Gasteiger partial charge in [-0.25, -0.2) is 4.39 Å². The van der Waals surface area contributed by atoms with Crippen molar-refractivity contribution in [1.82, 2.24) is 5.16 Å². The highest BCUT2D eigenvalue weighted by atomic mass is 35.5. The molecule has 0 bridgehead atoms. The Balaban J connectivity index is 2.54. The molecule has 0 atom stereocenters. The molecule has 0 amide bonds. The summed E-state index contributed by atoms with van der Waals surface area (Å²) >= 11 is 5.77. The van der Waals surface area contributed by atoms with E-state index in [1.807, 2.05) is 0 Å². The van der Waals surface area contributed by atoms with Gasteiger partial charge in [-0.2, -0.15) is 0 Å². The van der Waals surface area contributed by atoms with Crippen molar-refractivity contribution < 1.29 is 8.91 Å². The van der Waals surface area contributed by atoms with Crippen LogP contribution in [0.2, 0.25) is 0 Å². The Kier molecular flexibility index (Phi) is 2.73. The number of rotatable bonds is 2. The Labute approximate surface area is 91.7 Å². The van der Waals surface area contributed by atoms with E-state index in [2.05, 4.69) is 5.16 Å². The number of halogens is 2. The van der Waals surface area contributed by atoms with Gasteiger partial charge in [0.2, 0.25) is 0 Å². The van der Waals surface area contributed by atoms with Gasteiger partial charge in [0.15, 0.2) is 0 Å². The molecule has 15 heavy (non-hydrogen) atoms. The van der Waals surface area contributed by atoms with Crippen LogP contribution in [-0.4, -0.2) is 5.16 Å². The number of aryl methyl sites for hydroxylation is 1. The molecule has 0 aliphatic carbocycles. The normalized spacial score (nSPS) is 10.6. The Morgan fingerprint density at radius 2 is 2.27 bits per heavy atom. The zero-order valence-electron chi connectivity index (χ0n) is 8.13. The Morgan fingerprint density at radius 1 is 1.47 bits per heavy atom. The summed E-state index contributed by atoms with van der Waals surface area (Å²) in [6.07, 6.45) is 0. The van der Waals surface area contributed by atoms with Crippen molar-refractivity contribution in [2.75, 3.05) is 0 Å². The smallest absolute Gasteiger partial charge is 0.138 e. The largest absolute Gasteiger partial charge is 0.361 e. The SMILES string of the molecule is Cc1onc(-c2cccc(F)c2)c1CCl. The van der Waals surface area contributed by atoms with E-state index in [0.717, 1.165) is 5.56 Å². The molecule has 2 aromatic rings. The number of aromatic nitrogens is 1. The van der Waals surface area contributed by atoms with E-state index in [1.165, 1.54) is 12.1 Å². The van der Waals surface area contributed by atoms with Gasteiger partial charge in [0.05, 0.1) is 5.88 Å². The van der Waals surface area contributed by atoms with Gasteiger partial charge >= 0.3 is 0 Å². The van der Waals surface area contributed by atoms with Gasteiger partial charge < -0.3 is 4.52 Å². The molecule has 0 saturated carbocycles. The van der Waals surface area contributed by atoms with E-state index in [0.29, 0.717) is 22.9 Å².